The lowest BCUT2D eigenvalue weighted by atomic mass is 9.71. The molecule has 0 saturated carbocycles. The van der Waals surface area contributed by atoms with E-state index in [1.54, 1.807) is 14.2 Å². The molecule has 7 heteroatoms. The number of rotatable bonds is 4. The number of methoxy groups -OCH3 is 2. The lowest BCUT2D eigenvalue weighted by Gasteiger charge is -2.33. The minimum Gasteiger partial charge on any atom is -0.493 e. The average molecular weight is 398 g/mol. The van der Waals surface area contributed by atoms with Gasteiger partial charge in [0.15, 0.2) is 22.4 Å². The Labute approximate surface area is 168 Å². The minimum atomic E-state index is -0.276. The fourth-order valence-electron chi connectivity index (χ4n) is 4.24. The van der Waals surface area contributed by atoms with Gasteiger partial charge in [0.2, 0.25) is 0 Å². The molecule has 2 aliphatic carbocycles. The molecule has 28 heavy (non-hydrogen) atoms. The Morgan fingerprint density at radius 2 is 1.93 bits per heavy atom. The van der Waals surface area contributed by atoms with Crippen LogP contribution in [0.2, 0.25) is 0 Å². The van der Waals surface area contributed by atoms with E-state index in [1.165, 1.54) is 17.3 Å². The van der Waals surface area contributed by atoms with Crippen molar-refractivity contribution < 1.29 is 14.3 Å². The number of fused-ring (bicyclic) bond motifs is 1. The highest BCUT2D eigenvalue weighted by molar-refractivity contribution is 7.98. The highest BCUT2D eigenvalue weighted by atomic mass is 32.2. The van der Waals surface area contributed by atoms with Crippen LogP contribution in [-0.2, 0) is 11.2 Å². The first-order chi connectivity index (χ1) is 13.6. The number of carbonyl (C=O) groups excluding carboxylic acids is 1. The topological polar surface area (TPSA) is 87.3 Å². The molecule has 1 unspecified atom stereocenters. The first kappa shape index (κ1) is 18.8. The van der Waals surface area contributed by atoms with Crippen molar-refractivity contribution in [2.24, 2.45) is 0 Å². The van der Waals surface area contributed by atoms with Crippen LogP contribution in [0.1, 0.15) is 42.0 Å². The summed E-state index contributed by atoms with van der Waals surface area (Å²) in [5.41, 5.74) is 11.1. The third-order valence-electron chi connectivity index (χ3n) is 5.48. The van der Waals surface area contributed by atoms with E-state index in [9.17, 15) is 4.79 Å². The van der Waals surface area contributed by atoms with Crippen LogP contribution in [-0.4, -0.2) is 36.2 Å². The molecule has 0 aliphatic heterocycles. The van der Waals surface area contributed by atoms with Crippen LogP contribution in [0, 0.1) is 0 Å². The molecular formula is C21H23N3O3S. The van der Waals surface area contributed by atoms with Gasteiger partial charge >= 0.3 is 0 Å². The quantitative estimate of drug-likeness (QED) is 0.624. The molecule has 146 valence electrons. The molecule has 2 aliphatic rings. The lowest BCUT2D eigenvalue weighted by molar-refractivity contribution is -0.116. The van der Waals surface area contributed by atoms with Gasteiger partial charge in [-0.1, -0.05) is 23.4 Å². The van der Waals surface area contributed by atoms with Crippen LogP contribution in [0.3, 0.4) is 0 Å². The molecule has 0 spiro atoms. The van der Waals surface area contributed by atoms with Crippen molar-refractivity contribution >= 4 is 23.4 Å². The minimum absolute atomic E-state index is 0.194. The van der Waals surface area contributed by atoms with Gasteiger partial charge in [0.1, 0.15) is 5.82 Å². The van der Waals surface area contributed by atoms with Gasteiger partial charge < -0.3 is 15.2 Å². The molecule has 1 heterocycles. The summed E-state index contributed by atoms with van der Waals surface area (Å²) < 4.78 is 10.9. The summed E-state index contributed by atoms with van der Waals surface area (Å²) in [6.07, 6.45) is 4.98. The molecular weight excluding hydrogens is 374 g/mol. The largest absolute Gasteiger partial charge is 0.493 e. The van der Waals surface area contributed by atoms with E-state index >= 15 is 0 Å². The van der Waals surface area contributed by atoms with Crippen molar-refractivity contribution in [3.8, 4) is 11.5 Å². The zero-order chi connectivity index (χ0) is 19.8. The maximum Gasteiger partial charge on any atom is 0.189 e. The molecule has 1 aromatic carbocycles. The fraction of sp³-hybridized carbons (Fsp3) is 0.381. The third kappa shape index (κ3) is 3.03. The molecule has 2 aromatic rings. The van der Waals surface area contributed by atoms with Crippen molar-refractivity contribution in [3.63, 3.8) is 0 Å². The summed E-state index contributed by atoms with van der Waals surface area (Å²) in [7, 11) is 3.21. The Kier molecular flexibility index (Phi) is 5.02. The maximum absolute atomic E-state index is 12.9. The number of thioether (sulfide) groups is 1. The monoisotopic (exact) mass is 397 g/mol. The van der Waals surface area contributed by atoms with Crippen LogP contribution in [0.4, 0.5) is 5.82 Å². The number of nitrogens with zero attached hydrogens (tertiary/aromatic N) is 2. The molecule has 6 nitrogen and oxygen atoms in total. The van der Waals surface area contributed by atoms with E-state index in [0.29, 0.717) is 35.3 Å². The smallest absolute Gasteiger partial charge is 0.189 e. The third-order valence-corrected chi connectivity index (χ3v) is 6.03. The molecule has 1 aromatic heterocycles. The van der Waals surface area contributed by atoms with E-state index in [-0.39, 0.29) is 11.7 Å². The zero-order valence-electron chi connectivity index (χ0n) is 16.2. The summed E-state index contributed by atoms with van der Waals surface area (Å²) in [6.45, 7) is 0. The zero-order valence-corrected chi connectivity index (χ0v) is 17.1. The Morgan fingerprint density at radius 3 is 2.64 bits per heavy atom. The van der Waals surface area contributed by atoms with Crippen molar-refractivity contribution in [2.45, 2.75) is 36.8 Å². The van der Waals surface area contributed by atoms with E-state index in [2.05, 4.69) is 4.98 Å². The number of ketones is 1. The number of carbonyl (C=O) groups is 1. The summed E-state index contributed by atoms with van der Waals surface area (Å²) in [4.78, 5) is 22.1. The number of benzene rings is 1. The van der Waals surface area contributed by atoms with Gasteiger partial charge in [0.25, 0.3) is 0 Å². The number of Topliss-reactive ketones (excluding diaryl/α,β-unsaturated/α-hetero) is 1. The molecule has 1 atom stereocenters. The predicted octanol–water partition coefficient (Wildman–Crippen LogP) is 3.54. The summed E-state index contributed by atoms with van der Waals surface area (Å²) in [6, 6.07) is 5.76. The molecule has 0 saturated heterocycles. The number of nitrogens with two attached hydrogens (primary N) is 1. The standard InChI is InChI=1S/C21H23N3O3S/c1-26-15-8-7-12(10-16(15)27-2)18-17-11(5-4-6-14(17)25)9-13-19(18)20(22)24-21(23-13)28-3/h7-8,10,18H,4-6,9H2,1-3H3,(H2,22,23,24). The van der Waals surface area contributed by atoms with Crippen LogP contribution < -0.4 is 15.2 Å². The second-order valence-electron chi connectivity index (χ2n) is 6.97. The maximum atomic E-state index is 12.9. The van der Waals surface area contributed by atoms with Gasteiger partial charge in [-0.25, -0.2) is 9.97 Å². The molecule has 0 fully saturated rings. The van der Waals surface area contributed by atoms with Gasteiger partial charge in [-0.05, 0) is 36.8 Å². The highest BCUT2D eigenvalue weighted by Crippen LogP contribution is 2.47. The van der Waals surface area contributed by atoms with Gasteiger partial charge in [0, 0.05) is 29.9 Å². The van der Waals surface area contributed by atoms with Gasteiger partial charge in [0.05, 0.1) is 19.9 Å². The van der Waals surface area contributed by atoms with Crippen LogP contribution in [0.15, 0.2) is 34.5 Å². The SMILES string of the molecule is COc1ccc(C2C3=C(CCCC3=O)Cc3nc(SC)nc(N)c32)cc1OC. The fourth-order valence-corrected chi connectivity index (χ4v) is 4.63. The van der Waals surface area contributed by atoms with Gasteiger partial charge in [-0.15, -0.1) is 0 Å². The van der Waals surface area contributed by atoms with Crippen molar-refractivity contribution in [3.05, 3.63) is 46.2 Å². The van der Waals surface area contributed by atoms with Crippen molar-refractivity contribution in [1.82, 2.24) is 9.97 Å². The lowest BCUT2D eigenvalue weighted by Crippen LogP contribution is -2.27. The molecule has 0 bridgehead atoms. The highest BCUT2D eigenvalue weighted by Gasteiger charge is 2.37. The van der Waals surface area contributed by atoms with Crippen LogP contribution >= 0.6 is 11.8 Å². The second kappa shape index (κ2) is 7.47. The summed E-state index contributed by atoms with van der Waals surface area (Å²) in [5.74, 6) is 1.63. The predicted molar refractivity (Wildman–Crippen MR) is 109 cm³/mol. The molecule has 4 rings (SSSR count). The normalized spacial score (nSPS) is 18.5. The van der Waals surface area contributed by atoms with Gasteiger partial charge in [-0.3, -0.25) is 4.79 Å². The van der Waals surface area contributed by atoms with Gasteiger partial charge in [-0.2, -0.15) is 0 Å². The van der Waals surface area contributed by atoms with E-state index in [0.717, 1.165) is 35.2 Å². The first-order valence-corrected chi connectivity index (χ1v) is 10.5. The van der Waals surface area contributed by atoms with Crippen molar-refractivity contribution in [2.75, 3.05) is 26.2 Å². The van der Waals surface area contributed by atoms with E-state index in [4.69, 9.17) is 20.2 Å². The number of aromatic nitrogens is 2. The number of hydrogen-bond donors (Lipinski definition) is 1. The number of nitrogen functional groups attached to an aromatic ring is 1. The van der Waals surface area contributed by atoms with Crippen molar-refractivity contribution in [1.29, 1.82) is 0 Å². The Bertz CT molecular complexity index is 987. The van der Waals surface area contributed by atoms with Crippen LogP contribution in [0.25, 0.3) is 0 Å². The number of hydrogen-bond acceptors (Lipinski definition) is 7. The van der Waals surface area contributed by atoms with E-state index in [1.807, 2.05) is 24.5 Å². The Balaban J connectivity index is 1.95. The average Bonchev–Trinajstić information content (AvgIpc) is 2.71. The number of allylic oxidation sites excluding steroid dienone is 2. The number of ether oxygens (including phenoxy) is 2. The molecule has 2 N–H and O–H groups in total. The summed E-state index contributed by atoms with van der Waals surface area (Å²) >= 11 is 1.47. The summed E-state index contributed by atoms with van der Waals surface area (Å²) in [5, 5.41) is 0.661. The van der Waals surface area contributed by atoms with E-state index < -0.39 is 0 Å². The molecule has 0 radical (unpaired) electrons. The Hall–Kier alpha value is -2.54. The molecule has 0 amide bonds. The second-order valence-corrected chi connectivity index (χ2v) is 7.75. The van der Waals surface area contributed by atoms with Crippen LogP contribution in [0.5, 0.6) is 11.5 Å². The first-order valence-electron chi connectivity index (χ1n) is 9.24. The number of anilines is 1. The Morgan fingerprint density at radius 1 is 1.14 bits per heavy atom.